The summed E-state index contributed by atoms with van der Waals surface area (Å²) in [4.78, 5) is 14.9. The molecular formula is C23H31N3O3S. The van der Waals surface area contributed by atoms with Crippen molar-refractivity contribution in [1.82, 2.24) is 14.9 Å². The Morgan fingerprint density at radius 2 is 1.77 bits per heavy atom. The van der Waals surface area contributed by atoms with E-state index in [1.54, 1.807) is 19.1 Å². The minimum atomic E-state index is -3.62. The summed E-state index contributed by atoms with van der Waals surface area (Å²) in [5, 5.41) is 3.05. The summed E-state index contributed by atoms with van der Waals surface area (Å²) in [6, 6.07) is 15.9. The Kier molecular flexibility index (Phi) is 7.64. The molecular weight excluding hydrogens is 398 g/mol. The predicted octanol–water partition coefficient (Wildman–Crippen LogP) is 2.75. The van der Waals surface area contributed by atoms with Gasteiger partial charge >= 0.3 is 0 Å². The number of aryl methyl sites for hydroxylation is 2. The van der Waals surface area contributed by atoms with E-state index >= 15 is 0 Å². The zero-order valence-corrected chi connectivity index (χ0v) is 18.5. The molecule has 6 nitrogen and oxygen atoms in total. The number of rotatable bonds is 8. The minimum absolute atomic E-state index is 0.0917. The van der Waals surface area contributed by atoms with Crippen LogP contribution in [0.15, 0.2) is 53.4 Å². The maximum atomic E-state index is 12.5. The van der Waals surface area contributed by atoms with Crippen LogP contribution in [0.4, 0.5) is 0 Å². The van der Waals surface area contributed by atoms with Crippen molar-refractivity contribution >= 4 is 15.9 Å². The van der Waals surface area contributed by atoms with Crippen LogP contribution in [0.2, 0.25) is 0 Å². The lowest BCUT2D eigenvalue weighted by Gasteiger charge is -2.32. The van der Waals surface area contributed by atoms with E-state index in [1.807, 2.05) is 19.1 Å². The largest absolute Gasteiger partial charge is 0.353 e. The van der Waals surface area contributed by atoms with Crippen LogP contribution in [-0.2, 0) is 21.4 Å². The monoisotopic (exact) mass is 429 g/mol. The molecule has 2 N–H and O–H groups in total. The van der Waals surface area contributed by atoms with E-state index in [0.717, 1.165) is 38.0 Å². The molecule has 0 radical (unpaired) electrons. The van der Waals surface area contributed by atoms with E-state index < -0.39 is 10.0 Å². The average Bonchev–Trinajstić information content (AvgIpc) is 2.72. The Morgan fingerprint density at radius 3 is 2.47 bits per heavy atom. The fourth-order valence-electron chi connectivity index (χ4n) is 3.75. The number of amides is 1. The lowest BCUT2D eigenvalue weighted by molar-refractivity contribution is -0.121. The van der Waals surface area contributed by atoms with Crippen LogP contribution in [0.25, 0.3) is 0 Å². The second kappa shape index (κ2) is 10.2. The molecule has 1 amide bonds. The number of benzene rings is 2. The fourth-order valence-corrected chi connectivity index (χ4v) is 5.11. The first kappa shape index (κ1) is 22.5. The first-order valence-electron chi connectivity index (χ1n) is 10.5. The molecule has 0 aliphatic carbocycles. The Balaban J connectivity index is 1.39. The van der Waals surface area contributed by atoms with Gasteiger partial charge in [0.05, 0.1) is 4.90 Å². The zero-order chi connectivity index (χ0) is 21.6. The molecule has 0 saturated carbocycles. The first-order valence-corrected chi connectivity index (χ1v) is 11.9. The molecule has 1 heterocycles. The molecule has 1 aliphatic heterocycles. The van der Waals surface area contributed by atoms with Crippen LogP contribution in [-0.4, -0.2) is 44.9 Å². The number of hydrogen-bond acceptors (Lipinski definition) is 4. The summed E-state index contributed by atoms with van der Waals surface area (Å²) >= 11 is 0. The number of hydrogen-bond donors (Lipinski definition) is 2. The van der Waals surface area contributed by atoms with Crippen molar-refractivity contribution < 1.29 is 13.2 Å². The standard InChI is InChI=1S/C23H31N3O3S/c1-18-8-9-19(2)22(16-18)30(28,29)24-13-10-23(27)25-21-11-14-26(15-12-21)17-20-6-4-3-5-7-20/h3-9,16,21,24H,10-15,17H2,1-2H3,(H,25,27). The van der Waals surface area contributed by atoms with Crippen molar-refractivity contribution in [3.05, 3.63) is 65.2 Å². The van der Waals surface area contributed by atoms with Gasteiger partial charge in [-0.2, -0.15) is 0 Å². The molecule has 30 heavy (non-hydrogen) atoms. The fraction of sp³-hybridized carbons (Fsp3) is 0.435. The Bertz CT molecular complexity index is 953. The lowest BCUT2D eigenvalue weighted by atomic mass is 10.0. The highest BCUT2D eigenvalue weighted by molar-refractivity contribution is 7.89. The summed E-state index contributed by atoms with van der Waals surface area (Å²) in [6.45, 7) is 6.54. The molecule has 2 aromatic rings. The molecule has 0 unspecified atom stereocenters. The quantitative estimate of drug-likeness (QED) is 0.676. The van der Waals surface area contributed by atoms with E-state index in [1.165, 1.54) is 5.56 Å². The van der Waals surface area contributed by atoms with E-state index in [0.29, 0.717) is 5.56 Å². The van der Waals surface area contributed by atoms with E-state index in [2.05, 4.69) is 39.2 Å². The highest BCUT2D eigenvalue weighted by Crippen LogP contribution is 2.17. The molecule has 1 aliphatic rings. The van der Waals surface area contributed by atoms with Crippen molar-refractivity contribution in [2.45, 2.75) is 50.6 Å². The van der Waals surface area contributed by atoms with Gasteiger partial charge in [-0.25, -0.2) is 13.1 Å². The van der Waals surface area contributed by atoms with Crippen molar-refractivity contribution in [1.29, 1.82) is 0 Å². The molecule has 1 saturated heterocycles. The molecule has 0 bridgehead atoms. The Hall–Kier alpha value is -2.22. The third kappa shape index (κ3) is 6.39. The maximum absolute atomic E-state index is 12.5. The van der Waals surface area contributed by atoms with Gasteiger partial charge in [0.15, 0.2) is 0 Å². The molecule has 2 aromatic carbocycles. The van der Waals surface area contributed by atoms with Crippen LogP contribution in [0.5, 0.6) is 0 Å². The van der Waals surface area contributed by atoms with Gasteiger partial charge in [-0.05, 0) is 49.4 Å². The summed E-state index contributed by atoms with van der Waals surface area (Å²) < 4.78 is 27.6. The van der Waals surface area contributed by atoms with E-state index in [-0.39, 0.29) is 29.8 Å². The summed E-state index contributed by atoms with van der Waals surface area (Å²) in [6.07, 6.45) is 1.95. The van der Waals surface area contributed by atoms with Gasteiger partial charge in [-0.15, -0.1) is 0 Å². The summed E-state index contributed by atoms with van der Waals surface area (Å²) in [5.74, 6) is -0.111. The molecule has 0 spiro atoms. The van der Waals surface area contributed by atoms with Gasteiger partial charge in [0.25, 0.3) is 0 Å². The van der Waals surface area contributed by atoms with Crippen molar-refractivity contribution in [3.63, 3.8) is 0 Å². The maximum Gasteiger partial charge on any atom is 0.240 e. The molecule has 3 rings (SSSR count). The number of carbonyl (C=O) groups is 1. The smallest absolute Gasteiger partial charge is 0.240 e. The van der Waals surface area contributed by atoms with Crippen LogP contribution >= 0.6 is 0 Å². The number of nitrogens with zero attached hydrogens (tertiary/aromatic N) is 1. The van der Waals surface area contributed by atoms with Gasteiger partial charge in [0.2, 0.25) is 15.9 Å². The number of nitrogens with one attached hydrogen (secondary N) is 2. The molecule has 7 heteroatoms. The number of sulfonamides is 1. The molecule has 0 aromatic heterocycles. The molecule has 162 valence electrons. The average molecular weight is 430 g/mol. The summed E-state index contributed by atoms with van der Waals surface area (Å²) in [5.41, 5.74) is 2.88. The predicted molar refractivity (Wildman–Crippen MR) is 119 cm³/mol. The van der Waals surface area contributed by atoms with E-state index in [9.17, 15) is 13.2 Å². The van der Waals surface area contributed by atoms with Gasteiger partial charge in [-0.1, -0.05) is 42.5 Å². The van der Waals surface area contributed by atoms with Crippen molar-refractivity contribution in [2.75, 3.05) is 19.6 Å². The Morgan fingerprint density at radius 1 is 1.07 bits per heavy atom. The highest BCUT2D eigenvalue weighted by atomic mass is 32.2. The normalized spacial score (nSPS) is 15.8. The summed E-state index contributed by atoms with van der Waals surface area (Å²) in [7, 11) is -3.62. The minimum Gasteiger partial charge on any atom is -0.353 e. The number of piperidine rings is 1. The van der Waals surface area contributed by atoms with Crippen LogP contribution in [0, 0.1) is 13.8 Å². The second-order valence-electron chi connectivity index (χ2n) is 8.02. The molecule has 0 atom stereocenters. The van der Waals surface area contributed by atoms with Gasteiger partial charge in [0, 0.05) is 38.6 Å². The number of carbonyl (C=O) groups excluding carboxylic acids is 1. The van der Waals surface area contributed by atoms with Crippen LogP contribution in [0.3, 0.4) is 0 Å². The highest BCUT2D eigenvalue weighted by Gasteiger charge is 2.21. The van der Waals surface area contributed by atoms with Gasteiger partial charge in [0.1, 0.15) is 0 Å². The number of likely N-dealkylation sites (tertiary alicyclic amines) is 1. The van der Waals surface area contributed by atoms with Crippen LogP contribution < -0.4 is 10.0 Å². The topological polar surface area (TPSA) is 78.5 Å². The third-order valence-electron chi connectivity index (χ3n) is 5.48. The zero-order valence-electron chi connectivity index (χ0n) is 17.7. The van der Waals surface area contributed by atoms with Crippen LogP contribution in [0.1, 0.15) is 36.0 Å². The van der Waals surface area contributed by atoms with E-state index in [4.69, 9.17) is 0 Å². The van der Waals surface area contributed by atoms with Gasteiger partial charge in [-0.3, -0.25) is 9.69 Å². The van der Waals surface area contributed by atoms with Gasteiger partial charge < -0.3 is 5.32 Å². The Labute approximate surface area is 179 Å². The van der Waals surface area contributed by atoms with Crippen molar-refractivity contribution in [3.8, 4) is 0 Å². The molecule has 1 fully saturated rings. The van der Waals surface area contributed by atoms with Crippen molar-refractivity contribution in [2.24, 2.45) is 0 Å². The third-order valence-corrected chi connectivity index (χ3v) is 7.08. The second-order valence-corrected chi connectivity index (χ2v) is 9.76. The first-order chi connectivity index (χ1) is 14.3. The lowest BCUT2D eigenvalue weighted by Crippen LogP contribution is -2.45. The SMILES string of the molecule is Cc1ccc(C)c(S(=O)(=O)NCCC(=O)NC2CCN(Cc3ccccc3)CC2)c1.